The summed E-state index contributed by atoms with van der Waals surface area (Å²) in [6.07, 6.45) is 6.50. The number of piperidine rings is 1. The second kappa shape index (κ2) is 5.78. The van der Waals surface area contributed by atoms with E-state index in [-0.39, 0.29) is 16.0 Å². The first-order valence-corrected chi connectivity index (χ1v) is 9.39. The number of hydrogen-bond donors (Lipinski definition) is 1. The lowest BCUT2D eigenvalue weighted by atomic mass is 9.79. The number of nitrogens with zero attached hydrogens (tertiary/aromatic N) is 1. The lowest BCUT2D eigenvalue weighted by Gasteiger charge is -2.43. The molecule has 0 unspecified atom stereocenters. The van der Waals surface area contributed by atoms with E-state index in [1.165, 1.54) is 12.5 Å². The predicted octanol–water partition coefficient (Wildman–Crippen LogP) is 3.27. The maximum Gasteiger partial charge on any atom is 0.244 e. The zero-order chi connectivity index (χ0) is 15.0. The summed E-state index contributed by atoms with van der Waals surface area (Å²) in [6, 6.07) is 4.80. The van der Waals surface area contributed by atoms with Crippen LogP contribution in [0.4, 0.5) is 5.69 Å². The largest absolute Gasteiger partial charge is 0.399 e. The molecule has 0 amide bonds. The number of benzene rings is 1. The lowest BCUT2D eigenvalue weighted by molar-refractivity contribution is 0.129. The SMILES string of the molecule is Nc1ccc(Cl)c(S(=O)(=O)N2CCC[C@H]3CCCC[C@H]32)c1. The summed E-state index contributed by atoms with van der Waals surface area (Å²) in [7, 11) is -3.56. The van der Waals surface area contributed by atoms with Gasteiger partial charge in [0.1, 0.15) is 4.90 Å². The average molecular weight is 329 g/mol. The number of rotatable bonds is 2. The number of halogens is 1. The van der Waals surface area contributed by atoms with Gasteiger partial charge in [-0.25, -0.2) is 8.42 Å². The predicted molar refractivity (Wildman–Crippen MR) is 84.7 cm³/mol. The minimum Gasteiger partial charge on any atom is -0.399 e. The molecule has 2 aliphatic rings. The lowest BCUT2D eigenvalue weighted by Crippen LogP contribution is -2.49. The van der Waals surface area contributed by atoms with Crippen molar-refractivity contribution in [3.63, 3.8) is 0 Å². The maximum atomic E-state index is 13.0. The van der Waals surface area contributed by atoms with E-state index in [2.05, 4.69) is 0 Å². The highest BCUT2D eigenvalue weighted by Gasteiger charge is 2.40. The molecule has 3 rings (SSSR count). The molecule has 0 bridgehead atoms. The van der Waals surface area contributed by atoms with E-state index in [9.17, 15) is 8.42 Å². The molecular formula is C15H21ClN2O2S. The van der Waals surface area contributed by atoms with E-state index in [4.69, 9.17) is 17.3 Å². The molecule has 2 fully saturated rings. The fourth-order valence-electron chi connectivity index (χ4n) is 3.72. The quantitative estimate of drug-likeness (QED) is 0.847. The Kier molecular flexibility index (Phi) is 4.17. The minimum absolute atomic E-state index is 0.134. The molecule has 1 heterocycles. The molecule has 1 saturated carbocycles. The third kappa shape index (κ3) is 2.79. The Hall–Kier alpha value is -0.780. The second-order valence-electron chi connectivity index (χ2n) is 6.06. The average Bonchev–Trinajstić information content (AvgIpc) is 2.49. The molecule has 2 atom stereocenters. The molecule has 2 N–H and O–H groups in total. The van der Waals surface area contributed by atoms with Crippen LogP contribution >= 0.6 is 11.6 Å². The van der Waals surface area contributed by atoms with Gasteiger partial charge in [0.2, 0.25) is 10.0 Å². The molecule has 0 spiro atoms. The summed E-state index contributed by atoms with van der Waals surface area (Å²) in [5.74, 6) is 0.502. The van der Waals surface area contributed by atoms with Gasteiger partial charge in [0, 0.05) is 18.3 Å². The number of sulfonamides is 1. The molecular weight excluding hydrogens is 308 g/mol. The van der Waals surface area contributed by atoms with Crippen LogP contribution in [0.5, 0.6) is 0 Å². The normalized spacial score (nSPS) is 27.3. The van der Waals surface area contributed by atoms with Crippen molar-refractivity contribution in [2.75, 3.05) is 12.3 Å². The number of fused-ring (bicyclic) bond motifs is 1. The van der Waals surface area contributed by atoms with Gasteiger partial charge in [-0.2, -0.15) is 4.31 Å². The van der Waals surface area contributed by atoms with Crippen LogP contribution in [0.3, 0.4) is 0 Å². The Morgan fingerprint density at radius 2 is 1.86 bits per heavy atom. The van der Waals surface area contributed by atoms with Gasteiger partial charge in [-0.3, -0.25) is 0 Å². The van der Waals surface area contributed by atoms with Crippen molar-refractivity contribution in [2.24, 2.45) is 5.92 Å². The van der Waals surface area contributed by atoms with Crippen molar-refractivity contribution < 1.29 is 8.42 Å². The summed E-state index contributed by atoms with van der Waals surface area (Å²) >= 11 is 6.11. The molecule has 1 aliphatic carbocycles. The van der Waals surface area contributed by atoms with E-state index < -0.39 is 10.0 Å². The molecule has 116 valence electrons. The molecule has 4 nitrogen and oxygen atoms in total. The monoisotopic (exact) mass is 328 g/mol. The Morgan fingerprint density at radius 3 is 2.67 bits per heavy atom. The molecule has 1 aromatic rings. The van der Waals surface area contributed by atoms with Crippen molar-refractivity contribution >= 4 is 27.3 Å². The third-order valence-electron chi connectivity index (χ3n) is 4.73. The van der Waals surface area contributed by atoms with Gasteiger partial charge in [-0.1, -0.05) is 24.4 Å². The Morgan fingerprint density at radius 1 is 1.14 bits per heavy atom. The third-order valence-corrected chi connectivity index (χ3v) is 7.14. The Bertz CT molecular complexity index is 631. The van der Waals surface area contributed by atoms with Crippen molar-refractivity contribution in [3.8, 4) is 0 Å². The van der Waals surface area contributed by atoms with Crippen molar-refractivity contribution in [1.82, 2.24) is 4.31 Å². The number of hydrogen-bond acceptors (Lipinski definition) is 3. The van der Waals surface area contributed by atoms with Crippen molar-refractivity contribution in [2.45, 2.75) is 49.5 Å². The summed E-state index contributed by atoms with van der Waals surface area (Å²) in [6.45, 7) is 0.592. The summed E-state index contributed by atoms with van der Waals surface area (Å²) in [5.41, 5.74) is 6.17. The van der Waals surface area contributed by atoms with E-state index in [0.717, 1.165) is 32.1 Å². The van der Waals surface area contributed by atoms with Crippen LogP contribution in [0.1, 0.15) is 38.5 Å². The van der Waals surface area contributed by atoms with Gasteiger partial charge in [-0.05, 0) is 49.8 Å². The van der Waals surface area contributed by atoms with Gasteiger partial charge in [-0.15, -0.1) is 0 Å². The summed E-state index contributed by atoms with van der Waals surface area (Å²) in [4.78, 5) is 0.149. The van der Waals surface area contributed by atoms with Crippen LogP contribution in [-0.4, -0.2) is 25.3 Å². The van der Waals surface area contributed by atoms with Crippen LogP contribution in [0.15, 0.2) is 23.1 Å². The first kappa shape index (κ1) is 15.1. The maximum absolute atomic E-state index is 13.0. The van der Waals surface area contributed by atoms with E-state index in [0.29, 0.717) is 18.2 Å². The molecule has 6 heteroatoms. The smallest absolute Gasteiger partial charge is 0.244 e. The topological polar surface area (TPSA) is 63.4 Å². The van der Waals surface area contributed by atoms with Crippen molar-refractivity contribution in [3.05, 3.63) is 23.2 Å². The zero-order valence-electron chi connectivity index (χ0n) is 12.0. The highest BCUT2D eigenvalue weighted by atomic mass is 35.5. The van der Waals surface area contributed by atoms with Gasteiger partial charge < -0.3 is 5.73 Å². The van der Waals surface area contributed by atoms with Crippen LogP contribution in [0.25, 0.3) is 0 Å². The molecule has 1 aromatic carbocycles. The molecule has 21 heavy (non-hydrogen) atoms. The summed E-state index contributed by atoms with van der Waals surface area (Å²) < 4.78 is 27.7. The summed E-state index contributed by atoms with van der Waals surface area (Å²) in [5, 5.41) is 0.252. The molecule has 0 radical (unpaired) electrons. The Labute approximate surface area is 131 Å². The van der Waals surface area contributed by atoms with Gasteiger partial charge >= 0.3 is 0 Å². The number of nitrogen functional groups attached to an aromatic ring is 1. The van der Waals surface area contributed by atoms with Crippen molar-refractivity contribution in [1.29, 1.82) is 0 Å². The molecule has 1 saturated heterocycles. The second-order valence-corrected chi connectivity index (χ2v) is 8.33. The minimum atomic E-state index is -3.56. The fourth-order valence-corrected chi connectivity index (χ4v) is 5.99. The van der Waals surface area contributed by atoms with E-state index >= 15 is 0 Å². The fraction of sp³-hybridized carbons (Fsp3) is 0.600. The number of anilines is 1. The first-order chi connectivity index (χ1) is 10.00. The van der Waals surface area contributed by atoms with Crippen LogP contribution in [0, 0.1) is 5.92 Å². The van der Waals surface area contributed by atoms with Crippen LogP contribution in [0.2, 0.25) is 5.02 Å². The standard InChI is InChI=1S/C15H21ClN2O2S/c16-13-8-7-12(17)10-15(13)21(19,20)18-9-3-5-11-4-1-2-6-14(11)18/h7-8,10-11,14H,1-6,9,17H2/t11-,14-/m1/s1. The van der Waals surface area contributed by atoms with E-state index in [1.807, 2.05) is 0 Å². The van der Waals surface area contributed by atoms with E-state index in [1.54, 1.807) is 16.4 Å². The first-order valence-electron chi connectivity index (χ1n) is 7.57. The zero-order valence-corrected chi connectivity index (χ0v) is 13.5. The van der Waals surface area contributed by atoms with Gasteiger partial charge in [0.05, 0.1) is 5.02 Å². The molecule has 0 aromatic heterocycles. The van der Waals surface area contributed by atoms with Gasteiger partial charge in [0.15, 0.2) is 0 Å². The van der Waals surface area contributed by atoms with Gasteiger partial charge in [0.25, 0.3) is 0 Å². The highest BCUT2D eigenvalue weighted by molar-refractivity contribution is 7.89. The molecule has 1 aliphatic heterocycles. The van der Waals surface area contributed by atoms with Crippen LogP contribution < -0.4 is 5.73 Å². The van der Waals surface area contributed by atoms with Crippen LogP contribution in [-0.2, 0) is 10.0 Å². The highest BCUT2D eigenvalue weighted by Crippen LogP contribution is 2.39. The Balaban J connectivity index is 1.98. The number of nitrogens with two attached hydrogens (primary N) is 1.